The Hall–Kier alpha value is -0.850. The summed E-state index contributed by atoms with van der Waals surface area (Å²) in [6.07, 6.45) is 1.63. The van der Waals surface area contributed by atoms with Crippen molar-refractivity contribution >= 4 is 42.4 Å². The van der Waals surface area contributed by atoms with Crippen molar-refractivity contribution in [3.05, 3.63) is 30.5 Å². The van der Waals surface area contributed by atoms with Crippen LogP contribution in [0.2, 0.25) is 0 Å². The van der Waals surface area contributed by atoms with Gasteiger partial charge in [-0.25, -0.2) is 8.42 Å². The van der Waals surface area contributed by atoms with E-state index in [-0.39, 0.29) is 5.75 Å². The van der Waals surface area contributed by atoms with Crippen LogP contribution in [0.15, 0.2) is 35.4 Å². The summed E-state index contributed by atoms with van der Waals surface area (Å²) in [6, 6.07) is 7.59. The smallest absolute Gasteiger partial charge is 0.212 e. The molecule has 0 bridgehead atoms. The second-order valence-electron chi connectivity index (χ2n) is 3.32. The van der Waals surface area contributed by atoms with Gasteiger partial charge in [-0.1, -0.05) is 18.2 Å². The van der Waals surface area contributed by atoms with Crippen molar-refractivity contribution in [3.8, 4) is 0 Å². The van der Waals surface area contributed by atoms with Gasteiger partial charge in [-0.2, -0.15) is 10.2 Å². The Kier molecular flexibility index (Phi) is 3.86. The molecule has 2 rings (SSSR count). The number of aromatic nitrogens is 2. The molecule has 0 atom stereocenters. The van der Waals surface area contributed by atoms with E-state index in [2.05, 4.69) is 10.2 Å². The van der Waals surface area contributed by atoms with E-state index in [1.165, 1.54) is 11.8 Å². The van der Waals surface area contributed by atoms with E-state index in [0.29, 0.717) is 5.75 Å². The van der Waals surface area contributed by atoms with Crippen molar-refractivity contribution in [3.63, 3.8) is 0 Å². The number of hydrogen-bond donors (Lipinski definition) is 0. The van der Waals surface area contributed by atoms with Gasteiger partial charge >= 0.3 is 0 Å². The molecule has 0 aliphatic rings. The number of halogens is 1. The van der Waals surface area contributed by atoms with Gasteiger partial charge in [0.1, 0.15) is 0 Å². The van der Waals surface area contributed by atoms with Crippen LogP contribution in [0.1, 0.15) is 0 Å². The van der Waals surface area contributed by atoms with E-state index >= 15 is 0 Å². The van der Waals surface area contributed by atoms with Gasteiger partial charge in [0.2, 0.25) is 9.05 Å². The minimum atomic E-state index is -3.43. The number of benzene rings is 1. The van der Waals surface area contributed by atoms with E-state index in [4.69, 9.17) is 10.7 Å². The number of rotatable bonds is 4. The fourth-order valence-electron chi connectivity index (χ4n) is 1.35. The monoisotopic (exact) mass is 288 g/mol. The van der Waals surface area contributed by atoms with E-state index in [1.807, 2.05) is 24.3 Å². The zero-order chi connectivity index (χ0) is 12.3. The maximum Gasteiger partial charge on any atom is 0.233 e. The summed E-state index contributed by atoms with van der Waals surface area (Å²) in [7, 11) is 1.72. The molecule has 0 fully saturated rings. The molecule has 17 heavy (non-hydrogen) atoms. The molecule has 0 aliphatic carbocycles. The third-order valence-corrected chi connectivity index (χ3v) is 4.55. The lowest BCUT2D eigenvalue weighted by Crippen LogP contribution is -1.99. The van der Waals surface area contributed by atoms with Crippen LogP contribution in [-0.2, 0) is 9.05 Å². The lowest BCUT2D eigenvalue weighted by molar-refractivity contribution is 0.611. The van der Waals surface area contributed by atoms with Crippen LogP contribution < -0.4 is 0 Å². The lowest BCUT2D eigenvalue weighted by atomic mass is 10.2. The first-order chi connectivity index (χ1) is 8.06. The van der Waals surface area contributed by atoms with E-state index < -0.39 is 9.05 Å². The van der Waals surface area contributed by atoms with Crippen molar-refractivity contribution in [1.82, 2.24) is 10.2 Å². The molecule has 0 unspecified atom stereocenters. The van der Waals surface area contributed by atoms with Crippen LogP contribution in [0.4, 0.5) is 0 Å². The molecule has 7 heteroatoms. The van der Waals surface area contributed by atoms with Crippen LogP contribution in [0.5, 0.6) is 0 Å². The molecule has 0 saturated carbocycles. The van der Waals surface area contributed by atoms with Crippen LogP contribution in [0.25, 0.3) is 10.9 Å². The van der Waals surface area contributed by atoms with Gasteiger partial charge in [0, 0.05) is 26.7 Å². The average molecular weight is 289 g/mol. The highest BCUT2D eigenvalue weighted by Gasteiger charge is 2.07. The first-order valence-electron chi connectivity index (χ1n) is 4.82. The fourth-order valence-corrected chi connectivity index (χ4v) is 3.71. The first kappa shape index (κ1) is 12.6. The molecule has 2 aromatic rings. The highest BCUT2D eigenvalue weighted by atomic mass is 35.7. The minimum Gasteiger partial charge on any atom is -0.212 e. The van der Waals surface area contributed by atoms with Gasteiger partial charge in [0.25, 0.3) is 0 Å². The summed E-state index contributed by atoms with van der Waals surface area (Å²) in [6.45, 7) is 0. The van der Waals surface area contributed by atoms with Gasteiger partial charge in [-0.05, 0) is 6.07 Å². The highest BCUT2D eigenvalue weighted by Crippen LogP contribution is 2.25. The topological polar surface area (TPSA) is 59.9 Å². The van der Waals surface area contributed by atoms with Crippen molar-refractivity contribution in [2.75, 3.05) is 11.5 Å². The zero-order valence-corrected chi connectivity index (χ0v) is 11.1. The van der Waals surface area contributed by atoms with Crippen LogP contribution in [0.3, 0.4) is 0 Å². The predicted octanol–water partition coefficient (Wildman–Crippen LogP) is 2.29. The summed E-state index contributed by atoms with van der Waals surface area (Å²) in [5.74, 6) is 0.345. The van der Waals surface area contributed by atoms with E-state index in [1.54, 1.807) is 6.20 Å². The number of hydrogen-bond acceptors (Lipinski definition) is 5. The molecule has 0 amide bonds. The van der Waals surface area contributed by atoms with Crippen LogP contribution >= 0.6 is 22.4 Å². The van der Waals surface area contributed by atoms with Gasteiger partial charge in [-0.15, -0.1) is 11.8 Å². The quantitative estimate of drug-likeness (QED) is 0.638. The standard InChI is InChI=1S/C10H9ClN2O2S2/c11-17(14,15)6-5-16-10-7-12-13-9-4-2-1-3-8(9)10/h1-4,7H,5-6H2. The van der Waals surface area contributed by atoms with Crippen molar-refractivity contribution in [2.24, 2.45) is 0 Å². The van der Waals surface area contributed by atoms with Gasteiger partial charge in [0.05, 0.1) is 17.5 Å². The largest absolute Gasteiger partial charge is 0.233 e. The predicted molar refractivity (Wildman–Crippen MR) is 69.9 cm³/mol. The molecule has 90 valence electrons. The third kappa shape index (κ3) is 3.55. The second-order valence-corrected chi connectivity index (χ2v) is 7.35. The molecule has 1 heterocycles. The summed E-state index contributed by atoms with van der Waals surface area (Å²) in [5, 5.41) is 8.84. The SMILES string of the molecule is O=S(=O)(Cl)CCSc1cnnc2ccccc12. The Morgan fingerprint density at radius 1 is 1.29 bits per heavy atom. The summed E-state index contributed by atoms with van der Waals surface area (Å²) >= 11 is 1.41. The van der Waals surface area contributed by atoms with Gasteiger partial charge in [-0.3, -0.25) is 0 Å². The molecular formula is C10H9ClN2O2S2. The molecule has 0 spiro atoms. The fraction of sp³-hybridized carbons (Fsp3) is 0.200. The van der Waals surface area contributed by atoms with Gasteiger partial charge < -0.3 is 0 Å². The summed E-state index contributed by atoms with van der Waals surface area (Å²) in [5.41, 5.74) is 0.797. The molecule has 1 aromatic carbocycles. The molecule has 0 aliphatic heterocycles. The van der Waals surface area contributed by atoms with Crippen molar-refractivity contribution < 1.29 is 8.42 Å². The van der Waals surface area contributed by atoms with Crippen molar-refractivity contribution in [2.45, 2.75) is 4.90 Å². The van der Waals surface area contributed by atoms with E-state index in [9.17, 15) is 8.42 Å². The number of thioether (sulfide) groups is 1. The maximum atomic E-state index is 10.8. The normalized spacial score (nSPS) is 11.8. The molecule has 0 saturated heterocycles. The van der Waals surface area contributed by atoms with Crippen LogP contribution in [0, 0.1) is 0 Å². The minimum absolute atomic E-state index is 0.0597. The highest BCUT2D eigenvalue weighted by molar-refractivity contribution is 8.14. The average Bonchev–Trinajstić information content (AvgIpc) is 2.28. The second kappa shape index (κ2) is 5.20. The Morgan fingerprint density at radius 3 is 2.82 bits per heavy atom. The molecule has 4 nitrogen and oxygen atoms in total. The van der Waals surface area contributed by atoms with E-state index in [0.717, 1.165) is 15.8 Å². The molecule has 1 aromatic heterocycles. The Bertz CT molecular complexity index is 626. The molecular weight excluding hydrogens is 280 g/mol. The van der Waals surface area contributed by atoms with Gasteiger partial charge in [0.15, 0.2) is 0 Å². The lowest BCUT2D eigenvalue weighted by Gasteiger charge is -2.03. The Balaban J connectivity index is 2.19. The number of nitrogens with zero attached hydrogens (tertiary/aromatic N) is 2. The molecule has 0 radical (unpaired) electrons. The van der Waals surface area contributed by atoms with Crippen LogP contribution in [-0.4, -0.2) is 30.1 Å². The zero-order valence-electron chi connectivity index (χ0n) is 8.71. The molecule has 0 N–H and O–H groups in total. The Labute approximate surface area is 108 Å². The third-order valence-electron chi connectivity index (χ3n) is 2.09. The van der Waals surface area contributed by atoms with Crippen molar-refractivity contribution in [1.29, 1.82) is 0 Å². The number of fused-ring (bicyclic) bond motifs is 1. The maximum absolute atomic E-state index is 10.8. The summed E-state index contributed by atoms with van der Waals surface area (Å²) < 4.78 is 21.6. The summed E-state index contributed by atoms with van der Waals surface area (Å²) in [4.78, 5) is 0.913. The first-order valence-corrected chi connectivity index (χ1v) is 8.28. The Morgan fingerprint density at radius 2 is 2.06 bits per heavy atom.